The van der Waals surface area contributed by atoms with Gasteiger partial charge in [0.1, 0.15) is 6.04 Å². The van der Waals surface area contributed by atoms with Gasteiger partial charge in [-0.25, -0.2) is 0 Å². The second kappa shape index (κ2) is 7.84. The molecule has 5 heteroatoms. The molecule has 0 radical (unpaired) electrons. The standard InChI is InChI=1S/C12H21N3O2/c1-3-11(12(16)17-4-2)13-7-5-9-15-10-6-8-14-15/h6,8,10-11,13H,3-5,7,9H2,1-2H3. The number of nitrogens with zero attached hydrogens (tertiary/aromatic N) is 2. The van der Waals surface area contributed by atoms with E-state index in [2.05, 4.69) is 10.4 Å². The number of esters is 1. The van der Waals surface area contributed by atoms with Gasteiger partial charge in [0, 0.05) is 18.9 Å². The fourth-order valence-corrected chi connectivity index (χ4v) is 1.59. The van der Waals surface area contributed by atoms with Crippen LogP contribution in [-0.4, -0.2) is 34.9 Å². The molecule has 0 saturated carbocycles. The van der Waals surface area contributed by atoms with Gasteiger partial charge in [-0.05, 0) is 32.4 Å². The number of carbonyl (C=O) groups excluding carboxylic acids is 1. The van der Waals surface area contributed by atoms with Crippen molar-refractivity contribution in [1.82, 2.24) is 15.1 Å². The predicted molar refractivity (Wildman–Crippen MR) is 65.6 cm³/mol. The second-order valence-corrected chi connectivity index (χ2v) is 3.79. The molecule has 1 heterocycles. The maximum absolute atomic E-state index is 11.5. The lowest BCUT2D eigenvalue weighted by molar-refractivity contribution is -0.145. The Labute approximate surface area is 102 Å². The third-order valence-corrected chi connectivity index (χ3v) is 2.49. The first-order chi connectivity index (χ1) is 8.27. The fraction of sp³-hybridized carbons (Fsp3) is 0.667. The SMILES string of the molecule is CCOC(=O)C(CC)NCCCn1cccn1. The summed E-state index contributed by atoms with van der Waals surface area (Å²) in [6.07, 6.45) is 5.39. The maximum atomic E-state index is 11.5. The highest BCUT2D eigenvalue weighted by Crippen LogP contribution is 1.96. The lowest BCUT2D eigenvalue weighted by Gasteiger charge is -2.15. The molecule has 0 aliphatic rings. The highest BCUT2D eigenvalue weighted by atomic mass is 16.5. The Kier molecular flexibility index (Phi) is 6.32. The van der Waals surface area contributed by atoms with Crippen LogP contribution in [0.1, 0.15) is 26.7 Å². The number of nitrogens with one attached hydrogen (secondary N) is 1. The first-order valence-electron chi connectivity index (χ1n) is 6.15. The van der Waals surface area contributed by atoms with Crippen molar-refractivity contribution in [3.8, 4) is 0 Å². The molecule has 96 valence electrons. The third kappa shape index (κ3) is 4.99. The van der Waals surface area contributed by atoms with Crippen molar-refractivity contribution < 1.29 is 9.53 Å². The largest absolute Gasteiger partial charge is 0.465 e. The third-order valence-electron chi connectivity index (χ3n) is 2.49. The molecule has 0 saturated heterocycles. The number of aryl methyl sites for hydroxylation is 1. The number of carbonyl (C=O) groups is 1. The molecule has 0 spiro atoms. The molecule has 0 bridgehead atoms. The molecule has 5 nitrogen and oxygen atoms in total. The van der Waals surface area contributed by atoms with E-state index in [1.165, 1.54) is 0 Å². The van der Waals surface area contributed by atoms with Crippen molar-refractivity contribution in [2.45, 2.75) is 39.3 Å². The van der Waals surface area contributed by atoms with Crippen LogP contribution in [0.5, 0.6) is 0 Å². The molecule has 17 heavy (non-hydrogen) atoms. The summed E-state index contributed by atoms with van der Waals surface area (Å²) in [5, 5.41) is 7.32. The van der Waals surface area contributed by atoms with Crippen molar-refractivity contribution in [1.29, 1.82) is 0 Å². The number of hydrogen-bond donors (Lipinski definition) is 1. The summed E-state index contributed by atoms with van der Waals surface area (Å²) < 4.78 is 6.86. The molecule has 0 amide bonds. The maximum Gasteiger partial charge on any atom is 0.323 e. The molecular weight excluding hydrogens is 218 g/mol. The van der Waals surface area contributed by atoms with Gasteiger partial charge in [-0.2, -0.15) is 5.10 Å². The molecule has 1 aromatic rings. The Bertz CT molecular complexity index is 312. The van der Waals surface area contributed by atoms with Gasteiger partial charge in [-0.3, -0.25) is 9.48 Å². The van der Waals surface area contributed by atoms with Gasteiger partial charge >= 0.3 is 5.97 Å². The van der Waals surface area contributed by atoms with Crippen molar-refractivity contribution in [2.75, 3.05) is 13.2 Å². The van der Waals surface area contributed by atoms with Gasteiger partial charge in [0.2, 0.25) is 0 Å². The summed E-state index contributed by atoms with van der Waals surface area (Å²) in [5.41, 5.74) is 0. The molecule has 1 aromatic heterocycles. The zero-order valence-electron chi connectivity index (χ0n) is 10.6. The minimum absolute atomic E-state index is 0.158. The van der Waals surface area contributed by atoms with Crippen LogP contribution in [0, 0.1) is 0 Å². The quantitative estimate of drug-likeness (QED) is 0.547. The van der Waals surface area contributed by atoms with Crippen LogP contribution in [0.15, 0.2) is 18.5 Å². The lowest BCUT2D eigenvalue weighted by atomic mass is 10.2. The number of aromatic nitrogens is 2. The Hall–Kier alpha value is -1.36. The van der Waals surface area contributed by atoms with Crippen molar-refractivity contribution in [3.05, 3.63) is 18.5 Å². The van der Waals surface area contributed by atoms with E-state index in [1.54, 1.807) is 6.20 Å². The van der Waals surface area contributed by atoms with E-state index in [0.29, 0.717) is 6.61 Å². The first-order valence-corrected chi connectivity index (χ1v) is 6.15. The van der Waals surface area contributed by atoms with Crippen LogP contribution < -0.4 is 5.32 Å². The van der Waals surface area contributed by atoms with Crippen LogP contribution in [-0.2, 0) is 16.1 Å². The summed E-state index contributed by atoms with van der Waals surface area (Å²) in [6, 6.07) is 1.72. The second-order valence-electron chi connectivity index (χ2n) is 3.79. The molecule has 0 aliphatic heterocycles. The van der Waals surface area contributed by atoms with E-state index in [4.69, 9.17) is 4.74 Å². The smallest absolute Gasteiger partial charge is 0.323 e. The average molecular weight is 239 g/mol. The van der Waals surface area contributed by atoms with Crippen molar-refractivity contribution in [2.24, 2.45) is 0 Å². The van der Waals surface area contributed by atoms with Crippen LogP contribution >= 0.6 is 0 Å². The number of ether oxygens (including phenoxy) is 1. The van der Waals surface area contributed by atoms with Gasteiger partial charge in [-0.1, -0.05) is 6.92 Å². The van der Waals surface area contributed by atoms with E-state index in [-0.39, 0.29) is 12.0 Å². The van der Waals surface area contributed by atoms with Crippen molar-refractivity contribution >= 4 is 5.97 Å². The van der Waals surface area contributed by atoms with E-state index < -0.39 is 0 Å². The molecule has 1 N–H and O–H groups in total. The zero-order chi connectivity index (χ0) is 12.5. The molecule has 1 atom stereocenters. The van der Waals surface area contributed by atoms with Crippen LogP contribution in [0.4, 0.5) is 0 Å². The van der Waals surface area contributed by atoms with Crippen LogP contribution in [0.2, 0.25) is 0 Å². The molecule has 0 aliphatic carbocycles. The summed E-state index contributed by atoms with van der Waals surface area (Å²) in [6.45, 7) is 5.88. The van der Waals surface area contributed by atoms with Crippen molar-refractivity contribution in [3.63, 3.8) is 0 Å². The van der Waals surface area contributed by atoms with Gasteiger partial charge in [0.25, 0.3) is 0 Å². The molecule has 1 unspecified atom stereocenters. The Morgan fingerprint density at radius 2 is 2.35 bits per heavy atom. The predicted octanol–water partition coefficient (Wildman–Crippen LogP) is 1.20. The Morgan fingerprint density at radius 3 is 2.94 bits per heavy atom. The highest BCUT2D eigenvalue weighted by Gasteiger charge is 2.15. The van der Waals surface area contributed by atoms with Crippen LogP contribution in [0.25, 0.3) is 0 Å². The van der Waals surface area contributed by atoms with Gasteiger partial charge in [-0.15, -0.1) is 0 Å². The van der Waals surface area contributed by atoms with E-state index >= 15 is 0 Å². The summed E-state index contributed by atoms with van der Waals surface area (Å²) >= 11 is 0. The minimum atomic E-state index is -0.187. The van der Waals surface area contributed by atoms with Crippen LogP contribution in [0.3, 0.4) is 0 Å². The summed E-state index contributed by atoms with van der Waals surface area (Å²) in [4.78, 5) is 11.5. The average Bonchev–Trinajstić information content (AvgIpc) is 2.82. The van der Waals surface area contributed by atoms with E-state index in [0.717, 1.165) is 25.9 Å². The molecule has 0 fully saturated rings. The molecule has 1 rings (SSSR count). The van der Waals surface area contributed by atoms with E-state index in [9.17, 15) is 4.79 Å². The highest BCUT2D eigenvalue weighted by molar-refractivity contribution is 5.75. The first kappa shape index (κ1) is 13.7. The number of hydrogen-bond acceptors (Lipinski definition) is 4. The topological polar surface area (TPSA) is 56.1 Å². The Balaban J connectivity index is 2.17. The molecular formula is C12H21N3O2. The molecule has 0 aromatic carbocycles. The van der Waals surface area contributed by atoms with Gasteiger partial charge < -0.3 is 10.1 Å². The summed E-state index contributed by atoms with van der Waals surface area (Å²) in [7, 11) is 0. The minimum Gasteiger partial charge on any atom is -0.465 e. The zero-order valence-corrected chi connectivity index (χ0v) is 10.6. The lowest BCUT2D eigenvalue weighted by Crippen LogP contribution is -2.38. The number of rotatable bonds is 8. The summed E-state index contributed by atoms with van der Waals surface area (Å²) in [5.74, 6) is -0.158. The monoisotopic (exact) mass is 239 g/mol. The normalized spacial score (nSPS) is 12.4. The van der Waals surface area contributed by atoms with Gasteiger partial charge in [0.05, 0.1) is 6.61 Å². The fourth-order valence-electron chi connectivity index (χ4n) is 1.59. The van der Waals surface area contributed by atoms with Gasteiger partial charge in [0.15, 0.2) is 0 Å². The van der Waals surface area contributed by atoms with E-state index in [1.807, 2.05) is 30.8 Å². The Morgan fingerprint density at radius 1 is 1.53 bits per heavy atom.